The van der Waals surface area contributed by atoms with E-state index < -0.39 is 0 Å². The standard InChI is InChI=1S/C14H17FS2/c1-2-3-4-5-6-11-7-8-12(16-11)13-9-10-14(15)17-13/h7-10H,2-6H2,1H3. The third kappa shape index (κ3) is 3.65. The van der Waals surface area contributed by atoms with E-state index in [1.54, 1.807) is 17.4 Å². The van der Waals surface area contributed by atoms with Crippen molar-refractivity contribution in [2.75, 3.05) is 0 Å². The second-order valence-corrected chi connectivity index (χ2v) is 6.38. The van der Waals surface area contributed by atoms with Gasteiger partial charge in [-0.25, -0.2) is 0 Å². The molecule has 0 aliphatic heterocycles. The number of rotatable bonds is 6. The van der Waals surface area contributed by atoms with Crippen molar-refractivity contribution in [1.82, 2.24) is 0 Å². The van der Waals surface area contributed by atoms with Gasteiger partial charge in [-0.05, 0) is 37.1 Å². The monoisotopic (exact) mass is 268 g/mol. The van der Waals surface area contributed by atoms with Crippen LogP contribution in [0, 0.1) is 5.13 Å². The minimum absolute atomic E-state index is 0.0992. The maximum Gasteiger partial charge on any atom is 0.177 e. The van der Waals surface area contributed by atoms with Crippen molar-refractivity contribution in [3.8, 4) is 9.75 Å². The third-order valence-electron chi connectivity index (χ3n) is 2.75. The summed E-state index contributed by atoms with van der Waals surface area (Å²) in [5.41, 5.74) is 0. The van der Waals surface area contributed by atoms with E-state index in [9.17, 15) is 4.39 Å². The van der Waals surface area contributed by atoms with Gasteiger partial charge in [0.1, 0.15) is 0 Å². The second kappa shape index (κ2) is 6.31. The summed E-state index contributed by atoms with van der Waals surface area (Å²) in [6.45, 7) is 2.23. The molecule has 0 atom stereocenters. The van der Waals surface area contributed by atoms with Crippen molar-refractivity contribution in [2.45, 2.75) is 39.0 Å². The molecule has 0 unspecified atom stereocenters. The van der Waals surface area contributed by atoms with Crippen molar-refractivity contribution >= 4 is 22.7 Å². The highest BCUT2D eigenvalue weighted by atomic mass is 32.1. The average Bonchev–Trinajstić information content (AvgIpc) is 2.93. The first-order valence-corrected chi connectivity index (χ1v) is 7.77. The van der Waals surface area contributed by atoms with Crippen LogP contribution in [0.15, 0.2) is 24.3 Å². The molecule has 2 rings (SSSR count). The Balaban J connectivity index is 1.92. The Morgan fingerprint density at radius 1 is 0.941 bits per heavy atom. The number of aryl methyl sites for hydroxylation is 1. The predicted molar refractivity (Wildman–Crippen MR) is 75.4 cm³/mol. The van der Waals surface area contributed by atoms with Crippen LogP contribution in [-0.2, 0) is 6.42 Å². The Bertz CT molecular complexity index is 456. The topological polar surface area (TPSA) is 0 Å². The zero-order valence-electron chi connectivity index (χ0n) is 10.0. The molecular weight excluding hydrogens is 251 g/mol. The largest absolute Gasteiger partial charge is 0.195 e. The zero-order valence-corrected chi connectivity index (χ0v) is 11.7. The lowest BCUT2D eigenvalue weighted by molar-refractivity contribution is 0.657. The molecule has 0 amide bonds. The van der Waals surface area contributed by atoms with Crippen molar-refractivity contribution in [3.63, 3.8) is 0 Å². The van der Waals surface area contributed by atoms with Gasteiger partial charge in [0.15, 0.2) is 5.13 Å². The lowest BCUT2D eigenvalue weighted by Crippen LogP contribution is -1.80. The van der Waals surface area contributed by atoms with E-state index in [2.05, 4.69) is 19.1 Å². The van der Waals surface area contributed by atoms with E-state index >= 15 is 0 Å². The number of unbranched alkanes of at least 4 members (excludes halogenated alkanes) is 3. The van der Waals surface area contributed by atoms with Gasteiger partial charge >= 0.3 is 0 Å². The fraction of sp³-hybridized carbons (Fsp3) is 0.429. The molecule has 0 nitrogen and oxygen atoms in total. The smallest absolute Gasteiger partial charge is 0.177 e. The molecule has 2 aromatic heterocycles. The molecular formula is C14H17FS2. The van der Waals surface area contributed by atoms with E-state index in [0.717, 1.165) is 4.88 Å². The molecule has 0 bridgehead atoms. The molecule has 92 valence electrons. The maximum absolute atomic E-state index is 12.9. The molecule has 0 saturated carbocycles. The Labute approximate surface area is 110 Å². The van der Waals surface area contributed by atoms with E-state index in [1.807, 2.05) is 6.07 Å². The molecule has 0 N–H and O–H groups in total. The third-order valence-corrected chi connectivity index (χ3v) is 4.97. The number of halogens is 1. The van der Waals surface area contributed by atoms with Crippen molar-refractivity contribution < 1.29 is 4.39 Å². The lowest BCUT2D eigenvalue weighted by atomic mass is 10.1. The first kappa shape index (κ1) is 12.8. The van der Waals surface area contributed by atoms with Crippen LogP contribution in [0.25, 0.3) is 9.75 Å². The summed E-state index contributed by atoms with van der Waals surface area (Å²) in [7, 11) is 0. The lowest BCUT2D eigenvalue weighted by Gasteiger charge is -1.96. The summed E-state index contributed by atoms with van der Waals surface area (Å²) in [6, 6.07) is 7.71. The van der Waals surface area contributed by atoms with E-state index in [4.69, 9.17) is 0 Å². The van der Waals surface area contributed by atoms with Gasteiger partial charge in [0.05, 0.1) is 0 Å². The van der Waals surface area contributed by atoms with Gasteiger partial charge < -0.3 is 0 Å². The molecule has 17 heavy (non-hydrogen) atoms. The Morgan fingerprint density at radius 2 is 1.71 bits per heavy atom. The van der Waals surface area contributed by atoms with Gasteiger partial charge in [-0.2, -0.15) is 4.39 Å². The Hall–Kier alpha value is -0.670. The fourth-order valence-electron chi connectivity index (χ4n) is 1.82. The number of hydrogen-bond acceptors (Lipinski definition) is 2. The van der Waals surface area contributed by atoms with Gasteiger partial charge in [-0.15, -0.1) is 22.7 Å². The molecule has 0 spiro atoms. The van der Waals surface area contributed by atoms with Crippen LogP contribution in [0.5, 0.6) is 0 Å². The summed E-state index contributed by atoms with van der Waals surface area (Å²) < 4.78 is 12.9. The quantitative estimate of drug-likeness (QED) is 0.586. The summed E-state index contributed by atoms with van der Waals surface area (Å²) >= 11 is 3.03. The van der Waals surface area contributed by atoms with E-state index in [0.29, 0.717) is 0 Å². The molecule has 2 aromatic rings. The first-order valence-electron chi connectivity index (χ1n) is 6.14. The van der Waals surface area contributed by atoms with Gasteiger partial charge in [-0.3, -0.25) is 0 Å². The molecule has 0 aromatic carbocycles. The van der Waals surface area contributed by atoms with Crippen molar-refractivity contribution in [2.24, 2.45) is 0 Å². The van der Waals surface area contributed by atoms with Crippen LogP contribution in [0.1, 0.15) is 37.5 Å². The molecule has 0 aliphatic rings. The number of thiophene rings is 2. The van der Waals surface area contributed by atoms with Crippen LogP contribution in [0.4, 0.5) is 4.39 Å². The highest BCUT2D eigenvalue weighted by molar-refractivity contribution is 7.21. The zero-order chi connectivity index (χ0) is 12.1. The first-order chi connectivity index (χ1) is 8.29. The average molecular weight is 268 g/mol. The summed E-state index contributed by atoms with van der Waals surface area (Å²) in [6.07, 6.45) is 6.36. The highest BCUT2D eigenvalue weighted by Crippen LogP contribution is 2.33. The number of hydrogen-bond donors (Lipinski definition) is 0. The normalized spacial score (nSPS) is 10.9. The fourth-order valence-corrected chi connectivity index (χ4v) is 3.69. The summed E-state index contributed by atoms with van der Waals surface area (Å²) in [4.78, 5) is 3.67. The molecule has 0 aliphatic carbocycles. The van der Waals surface area contributed by atoms with Crippen LogP contribution in [-0.4, -0.2) is 0 Å². The SMILES string of the molecule is CCCCCCc1ccc(-c2ccc(F)s2)s1. The molecule has 0 fully saturated rings. The second-order valence-electron chi connectivity index (χ2n) is 4.18. The van der Waals surface area contributed by atoms with Crippen LogP contribution in [0.2, 0.25) is 0 Å². The highest BCUT2D eigenvalue weighted by Gasteiger charge is 2.05. The van der Waals surface area contributed by atoms with Crippen molar-refractivity contribution in [1.29, 1.82) is 0 Å². The van der Waals surface area contributed by atoms with Crippen LogP contribution < -0.4 is 0 Å². The van der Waals surface area contributed by atoms with Crippen molar-refractivity contribution in [3.05, 3.63) is 34.3 Å². The Kier molecular flexibility index (Phi) is 4.75. The van der Waals surface area contributed by atoms with Gasteiger partial charge in [0, 0.05) is 14.6 Å². The van der Waals surface area contributed by atoms with Crippen LogP contribution >= 0.6 is 22.7 Å². The van der Waals surface area contributed by atoms with Gasteiger partial charge in [-0.1, -0.05) is 26.2 Å². The molecule has 2 heterocycles. The minimum atomic E-state index is -0.0992. The summed E-state index contributed by atoms with van der Waals surface area (Å²) in [5.74, 6) is 0. The van der Waals surface area contributed by atoms with Gasteiger partial charge in [0.2, 0.25) is 0 Å². The molecule has 3 heteroatoms. The van der Waals surface area contributed by atoms with Crippen LogP contribution in [0.3, 0.4) is 0 Å². The molecule has 0 saturated heterocycles. The van der Waals surface area contributed by atoms with E-state index in [-0.39, 0.29) is 5.13 Å². The van der Waals surface area contributed by atoms with E-state index in [1.165, 1.54) is 53.2 Å². The predicted octanol–water partition coefficient (Wildman–Crippen LogP) is 5.74. The maximum atomic E-state index is 12.9. The molecule has 0 radical (unpaired) electrons. The minimum Gasteiger partial charge on any atom is -0.195 e. The summed E-state index contributed by atoms with van der Waals surface area (Å²) in [5, 5.41) is -0.0992. The Morgan fingerprint density at radius 3 is 2.41 bits per heavy atom. The van der Waals surface area contributed by atoms with Gasteiger partial charge in [0.25, 0.3) is 0 Å².